The van der Waals surface area contributed by atoms with Crippen molar-refractivity contribution in [2.45, 2.75) is 12.8 Å². The molecule has 0 saturated carbocycles. The zero-order chi connectivity index (χ0) is 20.9. The lowest BCUT2D eigenvalue weighted by Gasteiger charge is -2.11. The average molecular weight is 508 g/mol. The lowest BCUT2D eigenvalue weighted by atomic mass is 10.0. The molecular weight excluding hydrogens is 483 g/mol. The highest BCUT2D eigenvalue weighted by molar-refractivity contribution is 14.1. The molecule has 0 unspecified atom stereocenters. The van der Waals surface area contributed by atoms with Gasteiger partial charge in [-0.25, -0.2) is 0 Å². The van der Waals surface area contributed by atoms with Crippen molar-refractivity contribution >= 4 is 39.2 Å². The van der Waals surface area contributed by atoms with Gasteiger partial charge in [0.2, 0.25) is 0 Å². The predicted octanol–water partition coefficient (Wildman–Crippen LogP) is 6.17. The minimum absolute atomic E-state index is 0.847. The van der Waals surface area contributed by atoms with Crippen LogP contribution in [0.25, 0.3) is 16.6 Å². The molecule has 152 valence electrons. The number of H-pyrrole nitrogens is 1. The monoisotopic (exact) mass is 508 g/mol. The van der Waals surface area contributed by atoms with Gasteiger partial charge >= 0.3 is 0 Å². The van der Waals surface area contributed by atoms with Crippen LogP contribution < -0.4 is 10.1 Å². The first-order valence-electron chi connectivity index (χ1n) is 10.0. The van der Waals surface area contributed by atoms with Crippen molar-refractivity contribution in [3.8, 4) is 5.75 Å². The average Bonchev–Trinajstić information content (AvgIpc) is 3.16. The van der Waals surface area contributed by atoms with Crippen LogP contribution in [0.5, 0.6) is 5.75 Å². The maximum Gasteiger partial charge on any atom is 0.122 e. The van der Waals surface area contributed by atoms with E-state index >= 15 is 0 Å². The van der Waals surface area contributed by atoms with Crippen LogP contribution in [0.2, 0.25) is 0 Å². The van der Waals surface area contributed by atoms with E-state index in [1.165, 1.54) is 31.2 Å². The van der Waals surface area contributed by atoms with E-state index < -0.39 is 0 Å². The summed E-state index contributed by atoms with van der Waals surface area (Å²) in [4.78, 5) is 3.36. The van der Waals surface area contributed by atoms with Crippen molar-refractivity contribution in [3.05, 3.63) is 105 Å². The van der Waals surface area contributed by atoms with E-state index in [9.17, 15) is 0 Å². The van der Waals surface area contributed by atoms with Gasteiger partial charge in [-0.15, -0.1) is 0 Å². The molecule has 2 N–H and O–H groups in total. The van der Waals surface area contributed by atoms with Gasteiger partial charge in [0.05, 0.1) is 7.11 Å². The zero-order valence-electron chi connectivity index (χ0n) is 17.0. The Labute approximate surface area is 191 Å². The van der Waals surface area contributed by atoms with Crippen LogP contribution in [0, 0.1) is 3.57 Å². The molecule has 0 bridgehead atoms. The summed E-state index contributed by atoms with van der Waals surface area (Å²) >= 11 is 2.36. The fourth-order valence-corrected chi connectivity index (χ4v) is 4.19. The highest BCUT2D eigenvalue weighted by Crippen LogP contribution is 2.23. The number of para-hydroxylation sites is 1. The van der Waals surface area contributed by atoms with Crippen LogP contribution >= 0.6 is 22.6 Å². The van der Waals surface area contributed by atoms with Gasteiger partial charge in [0, 0.05) is 39.3 Å². The first-order valence-corrected chi connectivity index (χ1v) is 11.1. The Balaban J connectivity index is 1.35. The number of halogens is 1. The van der Waals surface area contributed by atoms with E-state index in [1.807, 2.05) is 18.2 Å². The number of hydrogen-bond acceptors (Lipinski definition) is 2. The zero-order valence-corrected chi connectivity index (χ0v) is 19.2. The van der Waals surface area contributed by atoms with Crippen molar-refractivity contribution in [1.29, 1.82) is 0 Å². The summed E-state index contributed by atoms with van der Waals surface area (Å²) in [7, 11) is 1.72. The molecular formula is C26H25IN2O. The molecule has 0 aliphatic carbocycles. The molecule has 0 fully saturated rings. The largest absolute Gasteiger partial charge is 0.496 e. The maximum atomic E-state index is 5.46. The van der Waals surface area contributed by atoms with E-state index in [1.54, 1.807) is 7.11 Å². The number of ether oxygens (including phenoxy) is 1. The van der Waals surface area contributed by atoms with Crippen molar-refractivity contribution in [2.75, 3.05) is 13.7 Å². The number of fused-ring (bicyclic) bond motifs is 1. The van der Waals surface area contributed by atoms with Crippen LogP contribution in [-0.2, 0) is 12.8 Å². The molecule has 0 aliphatic rings. The van der Waals surface area contributed by atoms with Gasteiger partial charge in [-0.2, -0.15) is 0 Å². The highest BCUT2D eigenvalue weighted by Gasteiger charge is 2.06. The molecule has 0 radical (unpaired) electrons. The van der Waals surface area contributed by atoms with Gasteiger partial charge in [0.15, 0.2) is 0 Å². The second kappa shape index (κ2) is 9.39. The number of nitrogens with one attached hydrogen (secondary N) is 2. The summed E-state index contributed by atoms with van der Waals surface area (Å²) < 4.78 is 6.72. The van der Waals surface area contributed by atoms with E-state index in [-0.39, 0.29) is 0 Å². The van der Waals surface area contributed by atoms with Crippen LogP contribution in [0.4, 0.5) is 0 Å². The maximum absolute atomic E-state index is 5.46. The van der Waals surface area contributed by atoms with Crippen molar-refractivity contribution < 1.29 is 4.74 Å². The minimum Gasteiger partial charge on any atom is -0.496 e. The lowest BCUT2D eigenvalue weighted by Crippen LogP contribution is -2.15. The Hall–Kier alpha value is -2.73. The molecule has 0 spiro atoms. The van der Waals surface area contributed by atoms with Crippen LogP contribution in [0.15, 0.2) is 79.5 Å². The molecule has 0 atom stereocenters. The van der Waals surface area contributed by atoms with E-state index in [4.69, 9.17) is 4.74 Å². The van der Waals surface area contributed by atoms with Crippen molar-refractivity contribution in [3.63, 3.8) is 0 Å². The van der Waals surface area contributed by atoms with E-state index in [0.29, 0.717) is 0 Å². The smallest absolute Gasteiger partial charge is 0.122 e. The third-order valence-corrected chi connectivity index (χ3v) is 6.02. The number of aromatic nitrogens is 1. The Morgan fingerprint density at radius 2 is 1.83 bits per heavy atom. The second-order valence-corrected chi connectivity index (χ2v) is 8.59. The van der Waals surface area contributed by atoms with Gasteiger partial charge in [-0.3, -0.25) is 0 Å². The number of hydrogen-bond donors (Lipinski definition) is 2. The van der Waals surface area contributed by atoms with Crippen LogP contribution in [0.1, 0.15) is 22.3 Å². The molecule has 4 aromatic rings. The Bertz CT molecular complexity index is 1160. The number of methoxy groups -OCH3 is 1. The fourth-order valence-electron chi connectivity index (χ4n) is 3.70. The first-order chi connectivity index (χ1) is 14.6. The number of aromatic amines is 1. The van der Waals surface area contributed by atoms with Gasteiger partial charge in [-0.05, 0) is 75.5 Å². The van der Waals surface area contributed by atoms with Gasteiger partial charge in [-0.1, -0.05) is 49.0 Å². The second-order valence-electron chi connectivity index (χ2n) is 7.34. The summed E-state index contributed by atoms with van der Waals surface area (Å²) in [6.07, 6.45) is 3.91. The molecule has 3 aromatic carbocycles. The van der Waals surface area contributed by atoms with Crippen molar-refractivity contribution in [1.82, 2.24) is 10.3 Å². The van der Waals surface area contributed by atoms with Gasteiger partial charge in [0.25, 0.3) is 0 Å². The Kier molecular flexibility index (Phi) is 6.43. The van der Waals surface area contributed by atoms with Gasteiger partial charge < -0.3 is 15.0 Å². The molecule has 0 aliphatic heterocycles. The van der Waals surface area contributed by atoms with Gasteiger partial charge in [0.1, 0.15) is 5.75 Å². The molecule has 3 nitrogen and oxygen atoms in total. The summed E-state index contributed by atoms with van der Waals surface area (Å²) in [6.45, 7) is 5.07. The summed E-state index contributed by atoms with van der Waals surface area (Å²) in [5, 5.41) is 4.77. The Morgan fingerprint density at radius 3 is 2.63 bits per heavy atom. The first kappa shape index (κ1) is 20.5. The topological polar surface area (TPSA) is 37.0 Å². The number of rotatable bonds is 8. The highest BCUT2D eigenvalue weighted by atomic mass is 127. The summed E-state index contributed by atoms with van der Waals surface area (Å²) in [5.74, 6) is 0.930. The molecule has 0 amide bonds. The van der Waals surface area contributed by atoms with Crippen LogP contribution in [-0.4, -0.2) is 18.6 Å². The molecule has 1 aromatic heterocycles. The van der Waals surface area contributed by atoms with Crippen molar-refractivity contribution in [2.24, 2.45) is 0 Å². The summed E-state index contributed by atoms with van der Waals surface area (Å²) in [6, 6.07) is 23.2. The normalized spacial score (nSPS) is 10.9. The SMILES string of the molecule is C=C(NCCc1c[nH]c2ccc(I)cc12)c1ccc(Cc2ccccc2OC)cc1. The standard InChI is InChI=1S/C26H25IN2O/c1-18(28-14-13-22-17-29-25-12-11-23(27)16-24(22)25)20-9-7-19(8-10-20)15-21-5-3-4-6-26(21)30-2/h3-12,16-17,28-29H,1,13-15H2,2H3. The predicted molar refractivity (Wildman–Crippen MR) is 134 cm³/mol. The summed E-state index contributed by atoms with van der Waals surface area (Å²) in [5.41, 5.74) is 7.04. The third kappa shape index (κ3) is 4.70. The van der Waals surface area contributed by atoms with E-state index in [0.717, 1.165) is 36.4 Å². The molecule has 0 saturated heterocycles. The molecule has 4 heteroatoms. The molecule has 4 rings (SSSR count). The van der Waals surface area contributed by atoms with E-state index in [2.05, 4.69) is 94.2 Å². The molecule has 30 heavy (non-hydrogen) atoms. The number of benzene rings is 3. The lowest BCUT2D eigenvalue weighted by molar-refractivity contribution is 0.410. The molecule has 1 heterocycles. The quantitative estimate of drug-likeness (QED) is 0.279. The Morgan fingerprint density at radius 1 is 1.03 bits per heavy atom. The fraction of sp³-hybridized carbons (Fsp3) is 0.154. The third-order valence-electron chi connectivity index (χ3n) is 5.35. The minimum atomic E-state index is 0.847. The van der Waals surface area contributed by atoms with Crippen LogP contribution in [0.3, 0.4) is 0 Å².